The fourth-order valence-corrected chi connectivity index (χ4v) is 3.24. The molecule has 0 amide bonds. The molecule has 0 radical (unpaired) electrons. The van der Waals surface area contributed by atoms with Crippen molar-refractivity contribution in [3.8, 4) is 11.5 Å². The molecule has 0 bridgehead atoms. The number of hydrogen-bond donors (Lipinski definition) is 1. The summed E-state index contributed by atoms with van der Waals surface area (Å²) < 4.78 is 54.4. The second-order valence-electron chi connectivity index (χ2n) is 5.41. The summed E-state index contributed by atoms with van der Waals surface area (Å²) >= 11 is 0. The maximum atomic E-state index is 13.6. The van der Waals surface area contributed by atoms with E-state index in [9.17, 15) is 22.4 Å². The van der Waals surface area contributed by atoms with Gasteiger partial charge in [0, 0.05) is 6.07 Å². The second-order valence-corrected chi connectivity index (χ2v) is 7.14. The van der Waals surface area contributed by atoms with E-state index in [1.807, 2.05) is 4.72 Å². The molecule has 0 heterocycles. The minimum Gasteiger partial charge on any atom is -0.497 e. The van der Waals surface area contributed by atoms with Gasteiger partial charge in [-0.2, -0.15) is 4.72 Å². The van der Waals surface area contributed by atoms with Gasteiger partial charge in [-0.1, -0.05) is 12.1 Å². The highest BCUT2D eigenvalue weighted by molar-refractivity contribution is 7.89. The number of halogens is 1. The first kappa shape index (κ1) is 21.3. The van der Waals surface area contributed by atoms with Crippen molar-refractivity contribution in [2.24, 2.45) is 0 Å². The molecule has 0 saturated carbocycles. The van der Waals surface area contributed by atoms with Gasteiger partial charge in [0.1, 0.15) is 28.8 Å². The fraction of sp³-hybridized carbons (Fsp3) is 0.222. The number of carbonyl (C=O) groups is 2. The van der Waals surface area contributed by atoms with Gasteiger partial charge >= 0.3 is 5.97 Å². The van der Waals surface area contributed by atoms with Crippen LogP contribution in [0.25, 0.3) is 0 Å². The number of hydrogen-bond acceptors (Lipinski definition) is 7. The Bertz CT molecular complexity index is 976. The normalized spacial score (nSPS) is 11.0. The summed E-state index contributed by atoms with van der Waals surface area (Å²) in [5.41, 5.74) is 0.169. The lowest BCUT2D eigenvalue weighted by molar-refractivity contribution is -0.141. The number of esters is 1. The highest BCUT2D eigenvalue weighted by Gasteiger charge is 2.21. The first-order valence-electron chi connectivity index (χ1n) is 7.93. The number of carbonyl (C=O) groups excluding carboxylic acids is 2. The Labute approximate surface area is 161 Å². The second kappa shape index (κ2) is 9.29. The van der Waals surface area contributed by atoms with E-state index >= 15 is 0 Å². The lowest BCUT2D eigenvalue weighted by Crippen LogP contribution is -2.32. The molecule has 0 aliphatic carbocycles. The number of methoxy groups -OCH3 is 2. The van der Waals surface area contributed by atoms with E-state index in [1.165, 1.54) is 38.5 Å². The maximum absolute atomic E-state index is 13.6. The highest BCUT2D eigenvalue weighted by atomic mass is 32.2. The third-order valence-electron chi connectivity index (χ3n) is 3.61. The molecule has 150 valence electrons. The van der Waals surface area contributed by atoms with Gasteiger partial charge in [0.05, 0.1) is 19.8 Å². The van der Waals surface area contributed by atoms with Crippen LogP contribution in [0.4, 0.5) is 4.39 Å². The standard InChI is InChI=1S/C18H18FNO7S/c1-25-12-7-8-13(16(9-12)26-2)15(21)11-27-18(22)10-20-28(23,24)17-6-4-3-5-14(17)19/h3-9,20H,10-11H2,1-2H3. The molecule has 2 rings (SSSR count). The molecular weight excluding hydrogens is 393 g/mol. The van der Waals surface area contributed by atoms with E-state index < -0.39 is 45.6 Å². The third kappa shape index (κ3) is 5.27. The first-order valence-corrected chi connectivity index (χ1v) is 9.42. The molecule has 0 atom stereocenters. The molecule has 2 aromatic carbocycles. The molecule has 8 nitrogen and oxygen atoms in total. The van der Waals surface area contributed by atoms with Crippen LogP contribution in [0.5, 0.6) is 11.5 Å². The summed E-state index contributed by atoms with van der Waals surface area (Å²) in [5, 5.41) is 0. The van der Waals surface area contributed by atoms with Crippen LogP contribution in [0, 0.1) is 5.82 Å². The average molecular weight is 411 g/mol. The molecule has 10 heteroatoms. The van der Waals surface area contributed by atoms with E-state index in [0.29, 0.717) is 5.75 Å². The molecule has 28 heavy (non-hydrogen) atoms. The molecule has 0 aromatic heterocycles. The van der Waals surface area contributed by atoms with E-state index in [1.54, 1.807) is 6.07 Å². The Morgan fingerprint density at radius 1 is 1.07 bits per heavy atom. The van der Waals surface area contributed by atoms with Crippen molar-refractivity contribution in [2.45, 2.75) is 4.90 Å². The Morgan fingerprint density at radius 3 is 2.43 bits per heavy atom. The van der Waals surface area contributed by atoms with Crippen molar-refractivity contribution in [1.82, 2.24) is 4.72 Å². The van der Waals surface area contributed by atoms with Crippen molar-refractivity contribution in [3.63, 3.8) is 0 Å². The largest absolute Gasteiger partial charge is 0.497 e. The maximum Gasteiger partial charge on any atom is 0.321 e. The number of ether oxygens (including phenoxy) is 3. The molecule has 0 fully saturated rings. The SMILES string of the molecule is COc1ccc(C(=O)COC(=O)CNS(=O)(=O)c2ccccc2F)c(OC)c1. The van der Waals surface area contributed by atoms with Crippen LogP contribution in [-0.2, 0) is 19.6 Å². The van der Waals surface area contributed by atoms with Crippen molar-refractivity contribution in [3.05, 3.63) is 53.8 Å². The van der Waals surface area contributed by atoms with E-state index in [0.717, 1.165) is 12.1 Å². The van der Waals surface area contributed by atoms with Crippen LogP contribution in [0.3, 0.4) is 0 Å². The number of rotatable bonds is 9. The molecule has 0 unspecified atom stereocenters. The average Bonchev–Trinajstić information content (AvgIpc) is 2.70. The minimum atomic E-state index is -4.24. The summed E-state index contributed by atoms with van der Waals surface area (Å²) in [6.45, 7) is -1.38. The Balaban J connectivity index is 1.94. The van der Waals surface area contributed by atoms with Crippen LogP contribution < -0.4 is 14.2 Å². The third-order valence-corrected chi connectivity index (χ3v) is 5.04. The predicted octanol–water partition coefficient (Wildman–Crippen LogP) is 1.55. The summed E-state index contributed by atoms with van der Waals surface area (Å²) in [4.78, 5) is 23.4. The Morgan fingerprint density at radius 2 is 1.79 bits per heavy atom. The molecule has 0 spiro atoms. The Kier molecular flexibility index (Phi) is 7.07. The van der Waals surface area contributed by atoms with Crippen LogP contribution in [0.15, 0.2) is 47.4 Å². The zero-order valence-electron chi connectivity index (χ0n) is 15.1. The summed E-state index contributed by atoms with van der Waals surface area (Å²) in [6.07, 6.45) is 0. The molecule has 1 N–H and O–H groups in total. The number of benzene rings is 2. The van der Waals surface area contributed by atoms with Crippen LogP contribution in [-0.4, -0.2) is 47.5 Å². The minimum absolute atomic E-state index is 0.169. The molecule has 0 aliphatic rings. The molecule has 0 aliphatic heterocycles. The summed E-state index contributed by atoms with van der Waals surface area (Å²) in [5.74, 6) is -1.79. The van der Waals surface area contributed by atoms with Gasteiger partial charge in [-0.25, -0.2) is 12.8 Å². The monoisotopic (exact) mass is 411 g/mol. The first-order chi connectivity index (χ1) is 13.3. The molecule has 2 aromatic rings. The van der Waals surface area contributed by atoms with Gasteiger partial charge in [0.2, 0.25) is 15.8 Å². The Hall–Kier alpha value is -2.98. The van der Waals surface area contributed by atoms with Gasteiger partial charge in [0.15, 0.2) is 6.61 Å². The summed E-state index contributed by atoms with van der Waals surface area (Å²) in [7, 11) is -1.41. The van der Waals surface area contributed by atoms with Gasteiger partial charge in [-0.15, -0.1) is 0 Å². The van der Waals surface area contributed by atoms with E-state index in [4.69, 9.17) is 14.2 Å². The predicted molar refractivity (Wildman–Crippen MR) is 96.4 cm³/mol. The van der Waals surface area contributed by atoms with Crippen LogP contribution >= 0.6 is 0 Å². The van der Waals surface area contributed by atoms with Gasteiger partial charge in [-0.05, 0) is 24.3 Å². The number of nitrogens with one attached hydrogen (secondary N) is 1. The zero-order valence-corrected chi connectivity index (χ0v) is 15.9. The lowest BCUT2D eigenvalue weighted by Gasteiger charge is -2.10. The van der Waals surface area contributed by atoms with Crippen molar-refractivity contribution in [1.29, 1.82) is 0 Å². The van der Waals surface area contributed by atoms with Crippen LogP contribution in [0.2, 0.25) is 0 Å². The number of sulfonamides is 1. The van der Waals surface area contributed by atoms with Gasteiger partial charge in [0.25, 0.3) is 0 Å². The van der Waals surface area contributed by atoms with Crippen molar-refractivity contribution < 1.29 is 36.6 Å². The number of Topliss-reactive ketones (excluding diaryl/α,β-unsaturated/α-hetero) is 1. The lowest BCUT2D eigenvalue weighted by atomic mass is 10.1. The van der Waals surface area contributed by atoms with Crippen molar-refractivity contribution >= 4 is 21.8 Å². The van der Waals surface area contributed by atoms with Gasteiger partial charge in [-0.3, -0.25) is 9.59 Å². The van der Waals surface area contributed by atoms with E-state index in [2.05, 4.69) is 0 Å². The fourth-order valence-electron chi connectivity index (χ4n) is 2.20. The van der Waals surface area contributed by atoms with Gasteiger partial charge < -0.3 is 14.2 Å². The smallest absolute Gasteiger partial charge is 0.321 e. The zero-order chi connectivity index (χ0) is 20.7. The van der Waals surface area contributed by atoms with Crippen LogP contribution in [0.1, 0.15) is 10.4 Å². The molecule has 0 saturated heterocycles. The quantitative estimate of drug-likeness (QED) is 0.493. The molecular formula is C18H18FNO7S. The highest BCUT2D eigenvalue weighted by Crippen LogP contribution is 2.25. The number of ketones is 1. The van der Waals surface area contributed by atoms with E-state index in [-0.39, 0.29) is 11.3 Å². The van der Waals surface area contributed by atoms with Crippen molar-refractivity contribution in [2.75, 3.05) is 27.4 Å². The summed E-state index contributed by atoms with van der Waals surface area (Å²) in [6, 6.07) is 9.21. The topological polar surface area (TPSA) is 108 Å².